The molecule has 3 aromatic heterocycles. The molecule has 0 amide bonds. The molecule has 31 heavy (non-hydrogen) atoms. The Balaban J connectivity index is 1.47. The van der Waals surface area contributed by atoms with Crippen LogP contribution < -0.4 is 5.32 Å². The molecule has 0 radical (unpaired) electrons. The van der Waals surface area contributed by atoms with Gasteiger partial charge in [-0.1, -0.05) is 30.3 Å². The number of hydrogen-bond acceptors (Lipinski definition) is 6. The maximum Gasteiger partial charge on any atom is 0.146 e. The van der Waals surface area contributed by atoms with E-state index in [9.17, 15) is 0 Å². The largest absolute Gasteiger partial charge is 0.365 e. The highest BCUT2D eigenvalue weighted by Crippen LogP contribution is 2.34. The van der Waals surface area contributed by atoms with Gasteiger partial charge in [-0.15, -0.1) is 11.3 Å². The summed E-state index contributed by atoms with van der Waals surface area (Å²) in [5, 5.41) is 9.48. The van der Waals surface area contributed by atoms with Gasteiger partial charge in [0, 0.05) is 35.8 Å². The molecule has 1 saturated heterocycles. The minimum Gasteiger partial charge on any atom is -0.365 e. The predicted octanol–water partition coefficient (Wildman–Crippen LogP) is 4.92. The van der Waals surface area contributed by atoms with E-state index in [4.69, 9.17) is 15.1 Å². The van der Waals surface area contributed by atoms with Crippen LogP contribution in [-0.2, 0) is 20.1 Å². The Bertz CT molecular complexity index is 1200. The van der Waals surface area contributed by atoms with E-state index < -0.39 is 0 Å². The minimum atomic E-state index is 0.668. The van der Waals surface area contributed by atoms with Crippen LogP contribution in [0.2, 0.25) is 0 Å². The van der Waals surface area contributed by atoms with Gasteiger partial charge in [-0.3, -0.25) is 9.58 Å². The first-order valence-corrected chi connectivity index (χ1v) is 11.7. The van der Waals surface area contributed by atoms with Gasteiger partial charge in [-0.25, -0.2) is 9.97 Å². The summed E-state index contributed by atoms with van der Waals surface area (Å²) in [7, 11) is 1.97. The van der Waals surface area contributed by atoms with E-state index in [0.29, 0.717) is 6.54 Å². The highest BCUT2D eigenvalue weighted by Gasteiger charge is 2.19. The molecule has 1 fully saturated rings. The van der Waals surface area contributed by atoms with Crippen LogP contribution in [0.4, 0.5) is 5.82 Å². The van der Waals surface area contributed by atoms with Crippen LogP contribution in [-0.4, -0.2) is 37.7 Å². The lowest BCUT2D eigenvalue weighted by Crippen LogP contribution is -2.20. The molecular formula is C24H28N6S. The van der Waals surface area contributed by atoms with Crippen molar-refractivity contribution in [3.05, 3.63) is 58.4 Å². The summed E-state index contributed by atoms with van der Waals surface area (Å²) >= 11 is 1.76. The van der Waals surface area contributed by atoms with Crippen molar-refractivity contribution in [3.63, 3.8) is 0 Å². The van der Waals surface area contributed by atoms with Crippen molar-refractivity contribution in [1.82, 2.24) is 24.6 Å². The first-order valence-electron chi connectivity index (χ1n) is 10.9. The van der Waals surface area contributed by atoms with Crippen LogP contribution in [0.15, 0.2) is 36.5 Å². The van der Waals surface area contributed by atoms with E-state index in [2.05, 4.69) is 54.5 Å². The van der Waals surface area contributed by atoms with Crippen molar-refractivity contribution in [1.29, 1.82) is 0 Å². The van der Waals surface area contributed by atoms with Crippen LogP contribution in [0.25, 0.3) is 21.5 Å². The van der Waals surface area contributed by atoms with Gasteiger partial charge in [0.25, 0.3) is 0 Å². The molecule has 1 aliphatic heterocycles. The molecule has 1 N–H and O–H groups in total. The summed E-state index contributed by atoms with van der Waals surface area (Å²) in [5.41, 5.74) is 4.57. The Morgan fingerprint density at radius 1 is 1.06 bits per heavy atom. The highest BCUT2D eigenvalue weighted by atomic mass is 32.1. The summed E-state index contributed by atoms with van der Waals surface area (Å²) in [6.45, 7) is 8.11. The van der Waals surface area contributed by atoms with Gasteiger partial charge in [0.1, 0.15) is 16.5 Å². The lowest BCUT2D eigenvalue weighted by atomic mass is 10.1. The van der Waals surface area contributed by atoms with Gasteiger partial charge in [-0.05, 0) is 45.3 Å². The van der Waals surface area contributed by atoms with E-state index in [1.165, 1.54) is 23.3 Å². The van der Waals surface area contributed by atoms with Gasteiger partial charge < -0.3 is 5.32 Å². The van der Waals surface area contributed by atoms with Gasteiger partial charge in [-0.2, -0.15) is 5.10 Å². The average molecular weight is 433 g/mol. The fourth-order valence-corrected chi connectivity index (χ4v) is 5.37. The molecule has 5 rings (SSSR count). The van der Waals surface area contributed by atoms with E-state index >= 15 is 0 Å². The van der Waals surface area contributed by atoms with Gasteiger partial charge in [0.05, 0.1) is 17.6 Å². The molecule has 0 unspecified atom stereocenters. The molecule has 1 aliphatic rings. The van der Waals surface area contributed by atoms with E-state index in [-0.39, 0.29) is 0 Å². The average Bonchev–Trinajstić information content (AvgIpc) is 3.47. The van der Waals surface area contributed by atoms with E-state index in [1.807, 2.05) is 17.8 Å². The number of benzene rings is 1. The summed E-state index contributed by atoms with van der Waals surface area (Å²) in [6, 6.07) is 10.4. The third-order valence-electron chi connectivity index (χ3n) is 6.04. The SMILES string of the molecule is Cc1sc2nc(CN3CCCC3)nc(NCc3cn(C)nc3-c3ccccc3)c2c1C. The lowest BCUT2D eigenvalue weighted by molar-refractivity contribution is 0.323. The summed E-state index contributed by atoms with van der Waals surface area (Å²) in [4.78, 5) is 14.7. The second kappa shape index (κ2) is 8.40. The molecule has 7 heteroatoms. The van der Waals surface area contributed by atoms with Crippen molar-refractivity contribution >= 4 is 27.4 Å². The molecule has 0 spiro atoms. The minimum absolute atomic E-state index is 0.668. The number of hydrogen-bond donors (Lipinski definition) is 1. The standard InChI is InChI=1S/C24H28N6S/c1-16-17(2)31-24-21(16)23(26-20(27-24)15-30-11-7-8-12-30)25-13-19-14-29(3)28-22(19)18-9-5-4-6-10-18/h4-6,9-10,14H,7-8,11-13,15H2,1-3H3,(H,25,26,27). The summed E-state index contributed by atoms with van der Waals surface area (Å²) < 4.78 is 1.88. The molecule has 0 saturated carbocycles. The predicted molar refractivity (Wildman–Crippen MR) is 127 cm³/mol. The first-order chi connectivity index (χ1) is 15.1. The van der Waals surface area contributed by atoms with Crippen molar-refractivity contribution in [2.24, 2.45) is 7.05 Å². The molecule has 6 nitrogen and oxygen atoms in total. The third kappa shape index (κ3) is 4.07. The zero-order chi connectivity index (χ0) is 21.4. The maximum absolute atomic E-state index is 4.98. The number of aryl methyl sites for hydroxylation is 3. The summed E-state index contributed by atoms with van der Waals surface area (Å²) in [5.74, 6) is 1.84. The van der Waals surface area contributed by atoms with Gasteiger partial charge in [0.2, 0.25) is 0 Å². The van der Waals surface area contributed by atoms with Crippen molar-refractivity contribution < 1.29 is 0 Å². The Hall–Kier alpha value is -2.77. The Kier molecular flexibility index (Phi) is 5.46. The highest BCUT2D eigenvalue weighted by molar-refractivity contribution is 7.18. The monoisotopic (exact) mass is 432 g/mol. The van der Waals surface area contributed by atoms with Crippen LogP contribution in [0.3, 0.4) is 0 Å². The number of nitrogens with zero attached hydrogens (tertiary/aromatic N) is 5. The molecule has 4 aromatic rings. The second-order valence-electron chi connectivity index (χ2n) is 8.33. The Morgan fingerprint density at radius 2 is 1.84 bits per heavy atom. The van der Waals surface area contributed by atoms with Crippen LogP contribution in [0, 0.1) is 13.8 Å². The van der Waals surface area contributed by atoms with Gasteiger partial charge >= 0.3 is 0 Å². The molecule has 0 atom stereocenters. The molecule has 0 aliphatic carbocycles. The zero-order valence-electron chi connectivity index (χ0n) is 18.4. The summed E-state index contributed by atoms with van der Waals surface area (Å²) in [6.07, 6.45) is 4.63. The smallest absolute Gasteiger partial charge is 0.146 e. The molecule has 160 valence electrons. The number of nitrogens with one attached hydrogen (secondary N) is 1. The number of rotatable bonds is 6. The number of thiophene rings is 1. The van der Waals surface area contributed by atoms with E-state index in [1.54, 1.807) is 11.3 Å². The van der Waals surface area contributed by atoms with Crippen molar-refractivity contribution in [2.45, 2.75) is 39.8 Å². The molecule has 4 heterocycles. The number of likely N-dealkylation sites (tertiary alicyclic amines) is 1. The van der Waals surface area contributed by atoms with Crippen LogP contribution >= 0.6 is 11.3 Å². The fourth-order valence-electron chi connectivity index (χ4n) is 4.32. The topological polar surface area (TPSA) is 58.9 Å². The van der Waals surface area contributed by atoms with Crippen LogP contribution in [0.1, 0.15) is 34.7 Å². The first kappa shape index (κ1) is 20.2. The third-order valence-corrected chi connectivity index (χ3v) is 7.14. The van der Waals surface area contributed by atoms with E-state index in [0.717, 1.165) is 58.3 Å². The van der Waals surface area contributed by atoms with Crippen molar-refractivity contribution in [3.8, 4) is 11.3 Å². The number of anilines is 1. The van der Waals surface area contributed by atoms with Gasteiger partial charge in [0.15, 0.2) is 0 Å². The quantitative estimate of drug-likeness (QED) is 0.469. The molecule has 1 aromatic carbocycles. The fraction of sp³-hybridized carbons (Fsp3) is 0.375. The Morgan fingerprint density at radius 3 is 2.61 bits per heavy atom. The molecule has 0 bridgehead atoms. The second-order valence-corrected chi connectivity index (χ2v) is 9.53. The number of aromatic nitrogens is 4. The zero-order valence-corrected chi connectivity index (χ0v) is 19.2. The van der Waals surface area contributed by atoms with Crippen molar-refractivity contribution in [2.75, 3.05) is 18.4 Å². The number of fused-ring (bicyclic) bond motifs is 1. The normalized spacial score (nSPS) is 14.5. The Labute approximate surface area is 187 Å². The maximum atomic E-state index is 4.98. The van der Waals surface area contributed by atoms with Crippen LogP contribution in [0.5, 0.6) is 0 Å². The molecular weight excluding hydrogens is 404 g/mol. The lowest BCUT2D eigenvalue weighted by Gasteiger charge is -2.15.